The maximum Gasteiger partial charge on any atom is 0.311 e. The molecule has 0 radical (unpaired) electrons. The first-order chi connectivity index (χ1) is 15.2. The van der Waals surface area contributed by atoms with Gasteiger partial charge < -0.3 is 10.1 Å². The number of nitrogens with one attached hydrogen (secondary N) is 1. The molecule has 6 nitrogen and oxygen atoms in total. The molecule has 0 saturated heterocycles. The van der Waals surface area contributed by atoms with Crippen molar-refractivity contribution in [3.8, 4) is 0 Å². The van der Waals surface area contributed by atoms with Gasteiger partial charge in [-0.2, -0.15) is 5.10 Å². The van der Waals surface area contributed by atoms with Crippen molar-refractivity contribution in [2.24, 2.45) is 23.7 Å². The van der Waals surface area contributed by atoms with Crippen LogP contribution in [0.1, 0.15) is 92.9 Å². The van der Waals surface area contributed by atoms with Gasteiger partial charge in [-0.15, -0.1) is 0 Å². The summed E-state index contributed by atoms with van der Waals surface area (Å²) in [6, 6.07) is -0.104. The summed E-state index contributed by atoms with van der Waals surface area (Å²) in [5.41, 5.74) is 3.07. The van der Waals surface area contributed by atoms with E-state index in [1.165, 1.54) is 44.2 Å². The molecule has 170 valence electrons. The van der Waals surface area contributed by atoms with E-state index < -0.39 is 0 Å². The summed E-state index contributed by atoms with van der Waals surface area (Å²) >= 11 is 0. The number of fused-ring (bicyclic) bond motifs is 3. The molecule has 1 amide bonds. The first-order valence-electron chi connectivity index (χ1n) is 12.7. The summed E-state index contributed by atoms with van der Waals surface area (Å²) in [4.78, 5) is 26.1. The highest BCUT2D eigenvalue weighted by atomic mass is 16.5. The summed E-state index contributed by atoms with van der Waals surface area (Å²) < 4.78 is 7.53. The number of ether oxygens (including phenoxy) is 1. The van der Waals surface area contributed by atoms with Gasteiger partial charge in [0.1, 0.15) is 0 Å². The Hall–Kier alpha value is -1.85. The van der Waals surface area contributed by atoms with E-state index in [2.05, 4.69) is 10.00 Å². The Morgan fingerprint density at radius 1 is 1.03 bits per heavy atom. The lowest BCUT2D eigenvalue weighted by Gasteiger charge is -2.30. The second-order valence-corrected chi connectivity index (χ2v) is 10.3. The Kier molecular flexibility index (Phi) is 6.07. The normalized spacial score (nSPS) is 30.2. The molecule has 5 rings (SSSR count). The molecule has 4 aliphatic carbocycles. The monoisotopic (exact) mass is 427 g/mol. The van der Waals surface area contributed by atoms with Crippen LogP contribution in [-0.2, 0) is 28.9 Å². The maximum atomic E-state index is 13.4. The molecule has 2 bridgehead atoms. The van der Waals surface area contributed by atoms with Gasteiger partial charge in [-0.3, -0.25) is 14.3 Å². The van der Waals surface area contributed by atoms with Crippen molar-refractivity contribution in [1.82, 2.24) is 15.1 Å². The summed E-state index contributed by atoms with van der Waals surface area (Å²) in [6.45, 7) is 3.20. The summed E-state index contributed by atoms with van der Waals surface area (Å²) in [6.07, 6.45) is 14.0. The lowest BCUT2D eigenvalue weighted by Crippen LogP contribution is -2.47. The molecule has 3 saturated carbocycles. The fourth-order valence-electron chi connectivity index (χ4n) is 6.91. The van der Waals surface area contributed by atoms with E-state index in [-0.39, 0.29) is 23.8 Å². The Bertz CT molecular complexity index is 826. The van der Waals surface area contributed by atoms with E-state index in [0.717, 1.165) is 50.6 Å². The zero-order valence-corrected chi connectivity index (χ0v) is 18.9. The summed E-state index contributed by atoms with van der Waals surface area (Å²) in [5, 5.41) is 8.15. The number of amides is 1. The molecule has 2 unspecified atom stereocenters. The van der Waals surface area contributed by atoms with Crippen molar-refractivity contribution in [3.63, 3.8) is 0 Å². The molecular weight excluding hydrogens is 390 g/mol. The fourth-order valence-corrected chi connectivity index (χ4v) is 6.91. The van der Waals surface area contributed by atoms with Gasteiger partial charge in [0.15, 0.2) is 5.69 Å². The van der Waals surface area contributed by atoms with Crippen molar-refractivity contribution >= 4 is 11.9 Å². The average molecular weight is 428 g/mol. The lowest BCUT2D eigenvalue weighted by atomic mass is 9.84. The number of aromatic nitrogens is 2. The van der Waals surface area contributed by atoms with Gasteiger partial charge in [0.25, 0.3) is 5.91 Å². The molecule has 0 spiro atoms. The second kappa shape index (κ2) is 8.95. The van der Waals surface area contributed by atoms with Crippen LogP contribution in [0, 0.1) is 23.7 Å². The van der Waals surface area contributed by atoms with Crippen LogP contribution in [0.2, 0.25) is 0 Å². The second-order valence-electron chi connectivity index (χ2n) is 10.3. The Morgan fingerprint density at radius 2 is 1.81 bits per heavy atom. The lowest BCUT2D eigenvalue weighted by molar-refractivity contribution is -0.150. The zero-order chi connectivity index (χ0) is 21.4. The van der Waals surface area contributed by atoms with Crippen molar-refractivity contribution in [3.05, 3.63) is 17.0 Å². The quantitative estimate of drug-likeness (QED) is 0.695. The minimum Gasteiger partial charge on any atom is -0.466 e. The molecule has 1 N–H and O–H groups in total. The van der Waals surface area contributed by atoms with E-state index in [9.17, 15) is 9.59 Å². The van der Waals surface area contributed by atoms with Gasteiger partial charge in [0.05, 0.1) is 12.5 Å². The summed E-state index contributed by atoms with van der Waals surface area (Å²) in [5.74, 6) is 1.03. The number of carbonyl (C=O) groups is 2. The minimum atomic E-state index is -0.192. The molecule has 31 heavy (non-hydrogen) atoms. The molecule has 0 aromatic carbocycles. The van der Waals surface area contributed by atoms with Gasteiger partial charge in [-0.05, 0) is 82.5 Å². The third-order valence-corrected chi connectivity index (χ3v) is 8.40. The highest BCUT2D eigenvalue weighted by molar-refractivity contribution is 5.94. The van der Waals surface area contributed by atoms with E-state index in [4.69, 9.17) is 9.84 Å². The molecule has 0 aliphatic heterocycles. The number of hydrogen-bond donors (Lipinski definition) is 1. The molecule has 3 fully saturated rings. The number of nitrogens with zero attached hydrogens (tertiary/aromatic N) is 2. The Balaban J connectivity index is 1.35. The standard InChI is InChI=1S/C25H37N3O3/c1-2-31-25(30)21-17-12-13-18(14-17)22(21)26-24(29)23-19-10-6-7-11-20(19)28(27-23)15-16-8-4-3-5-9-16/h16-18,21-22H,2-15H2,1H3,(H,26,29)/t17?,18?,21-,22+/m0/s1. The largest absolute Gasteiger partial charge is 0.466 e. The molecule has 4 atom stereocenters. The van der Waals surface area contributed by atoms with Gasteiger partial charge in [0.2, 0.25) is 0 Å². The van der Waals surface area contributed by atoms with Crippen LogP contribution in [0.25, 0.3) is 0 Å². The maximum absolute atomic E-state index is 13.4. The number of rotatable bonds is 6. The zero-order valence-electron chi connectivity index (χ0n) is 18.9. The molecule has 1 aromatic heterocycles. The van der Waals surface area contributed by atoms with Crippen LogP contribution >= 0.6 is 0 Å². The predicted octanol–water partition coefficient (Wildman–Crippen LogP) is 4.05. The van der Waals surface area contributed by atoms with Crippen LogP contribution in [0.4, 0.5) is 0 Å². The molecule has 4 aliphatic rings. The van der Waals surface area contributed by atoms with Crippen molar-refractivity contribution < 1.29 is 14.3 Å². The van der Waals surface area contributed by atoms with Crippen molar-refractivity contribution in [2.75, 3.05) is 6.61 Å². The van der Waals surface area contributed by atoms with Crippen LogP contribution in [0.5, 0.6) is 0 Å². The van der Waals surface area contributed by atoms with E-state index >= 15 is 0 Å². The molecular formula is C25H37N3O3. The fraction of sp³-hybridized carbons (Fsp3) is 0.800. The van der Waals surface area contributed by atoms with Gasteiger partial charge in [0, 0.05) is 23.8 Å². The number of esters is 1. The Labute approximate surface area is 185 Å². The average Bonchev–Trinajstić information content (AvgIpc) is 3.48. The van der Waals surface area contributed by atoms with E-state index in [1.807, 2.05) is 6.92 Å². The third-order valence-electron chi connectivity index (χ3n) is 8.40. The van der Waals surface area contributed by atoms with Gasteiger partial charge >= 0.3 is 5.97 Å². The van der Waals surface area contributed by atoms with Crippen LogP contribution in [0.3, 0.4) is 0 Å². The molecule has 1 heterocycles. The van der Waals surface area contributed by atoms with Crippen LogP contribution < -0.4 is 5.32 Å². The predicted molar refractivity (Wildman–Crippen MR) is 118 cm³/mol. The highest BCUT2D eigenvalue weighted by Crippen LogP contribution is 2.49. The third kappa shape index (κ3) is 4.03. The van der Waals surface area contributed by atoms with E-state index in [1.54, 1.807) is 0 Å². The molecule has 1 aromatic rings. The van der Waals surface area contributed by atoms with Gasteiger partial charge in [-0.25, -0.2) is 0 Å². The number of hydrogen-bond acceptors (Lipinski definition) is 4. The first kappa shape index (κ1) is 21.0. The first-order valence-corrected chi connectivity index (χ1v) is 12.7. The summed E-state index contributed by atoms with van der Waals surface area (Å²) in [7, 11) is 0. The van der Waals surface area contributed by atoms with Crippen molar-refractivity contribution in [1.29, 1.82) is 0 Å². The minimum absolute atomic E-state index is 0.0765. The van der Waals surface area contributed by atoms with Crippen LogP contribution in [0.15, 0.2) is 0 Å². The SMILES string of the molecule is CCOC(=O)[C@H]1C2CCC(C2)[C@H]1NC(=O)c1nn(CC2CCCCC2)c2c1CCCC2. The van der Waals surface area contributed by atoms with Crippen LogP contribution in [-0.4, -0.2) is 34.3 Å². The van der Waals surface area contributed by atoms with Gasteiger partial charge in [-0.1, -0.05) is 19.3 Å². The molecule has 6 heteroatoms. The Morgan fingerprint density at radius 3 is 2.61 bits per heavy atom. The highest BCUT2D eigenvalue weighted by Gasteiger charge is 2.52. The topological polar surface area (TPSA) is 73.2 Å². The van der Waals surface area contributed by atoms with E-state index in [0.29, 0.717) is 30.1 Å². The number of carbonyl (C=O) groups excluding carboxylic acids is 2. The smallest absolute Gasteiger partial charge is 0.311 e. The van der Waals surface area contributed by atoms with Crippen molar-refractivity contribution in [2.45, 2.75) is 96.6 Å².